The van der Waals surface area contributed by atoms with Crippen LogP contribution in [0.3, 0.4) is 0 Å². The van der Waals surface area contributed by atoms with Gasteiger partial charge in [0.25, 0.3) is 0 Å². The molecular formula is C14H17BrN2O. The minimum Gasteiger partial charge on any atom is -0.394 e. The highest BCUT2D eigenvalue weighted by Crippen LogP contribution is 2.34. The van der Waals surface area contributed by atoms with Crippen LogP contribution >= 0.6 is 15.9 Å². The molecule has 96 valence electrons. The Kier molecular flexibility index (Phi) is 4.26. The van der Waals surface area contributed by atoms with E-state index in [0.717, 1.165) is 35.8 Å². The van der Waals surface area contributed by atoms with Gasteiger partial charge in [-0.05, 0) is 47.0 Å². The fraction of sp³-hybridized carbons (Fsp3) is 0.500. The van der Waals surface area contributed by atoms with Gasteiger partial charge in [0.1, 0.15) is 0 Å². The molecular weight excluding hydrogens is 292 g/mol. The lowest BCUT2D eigenvalue weighted by molar-refractivity contribution is 0.173. The molecule has 18 heavy (non-hydrogen) atoms. The first-order valence-corrected chi connectivity index (χ1v) is 7.07. The number of rotatable bonds is 3. The van der Waals surface area contributed by atoms with Crippen LogP contribution in [0.15, 0.2) is 22.7 Å². The fourth-order valence-corrected chi connectivity index (χ4v) is 3.00. The molecule has 1 aromatic carbocycles. The topological polar surface area (TPSA) is 56.0 Å². The number of anilines is 1. The second-order valence-corrected chi connectivity index (χ2v) is 5.78. The van der Waals surface area contributed by atoms with Gasteiger partial charge in [-0.1, -0.05) is 19.3 Å². The minimum absolute atomic E-state index is 0.152. The van der Waals surface area contributed by atoms with E-state index in [4.69, 9.17) is 5.26 Å². The largest absolute Gasteiger partial charge is 0.394 e. The van der Waals surface area contributed by atoms with Gasteiger partial charge in [0.2, 0.25) is 0 Å². The van der Waals surface area contributed by atoms with Crippen LogP contribution in [0, 0.1) is 11.3 Å². The lowest BCUT2D eigenvalue weighted by Crippen LogP contribution is -2.43. The summed E-state index contributed by atoms with van der Waals surface area (Å²) < 4.78 is 0.875. The second kappa shape index (κ2) is 5.73. The number of hydrogen-bond acceptors (Lipinski definition) is 3. The first-order chi connectivity index (χ1) is 8.69. The predicted molar refractivity (Wildman–Crippen MR) is 75.4 cm³/mol. The SMILES string of the molecule is N#Cc1ccc(NC2(CO)CCCCC2)c(Br)c1. The quantitative estimate of drug-likeness (QED) is 0.899. The Morgan fingerprint density at radius 1 is 1.33 bits per heavy atom. The third-order valence-electron chi connectivity index (χ3n) is 3.61. The minimum atomic E-state index is -0.199. The summed E-state index contributed by atoms with van der Waals surface area (Å²) in [7, 11) is 0. The summed E-state index contributed by atoms with van der Waals surface area (Å²) in [6.07, 6.45) is 5.55. The summed E-state index contributed by atoms with van der Waals surface area (Å²) >= 11 is 3.47. The van der Waals surface area contributed by atoms with Crippen molar-refractivity contribution in [3.05, 3.63) is 28.2 Å². The number of aliphatic hydroxyl groups is 1. The van der Waals surface area contributed by atoms with E-state index in [0.29, 0.717) is 5.56 Å². The maximum Gasteiger partial charge on any atom is 0.0992 e. The van der Waals surface area contributed by atoms with Crippen LogP contribution in [-0.4, -0.2) is 17.3 Å². The third kappa shape index (κ3) is 2.85. The van der Waals surface area contributed by atoms with Gasteiger partial charge >= 0.3 is 0 Å². The molecule has 0 heterocycles. The Hall–Kier alpha value is -1.05. The summed E-state index contributed by atoms with van der Waals surface area (Å²) in [5.41, 5.74) is 1.38. The Morgan fingerprint density at radius 3 is 2.61 bits per heavy atom. The molecule has 1 aromatic rings. The number of halogens is 1. The van der Waals surface area contributed by atoms with Crippen LogP contribution in [-0.2, 0) is 0 Å². The van der Waals surface area contributed by atoms with E-state index in [9.17, 15) is 5.11 Å². The summed E-state index contributed by atoms with van der Waals surface area (Å²) in [6.45, 7) is 0.152. The average molecular weight is 309 g/mol. The average Bonchev–Trinajstić information content (AvgIpc) is 2.42. The monoisotopic (exact) mass is 308 g/mol. The molecule has 0 aromatic heterocycles. The first kappa shape index (κ1) is 13.4. The van der Waals surface area contributed by atoms with Crippen LogP contribution in [0.5, 0.6) is 0 Å². The van der Waals surface area contributed by atoms with Gasteiger partial charge in [-0.2, -0.15) is 5.26 Å². The van der Waals surface area contributed by atoms with Gasteiger partial charge in [-0.15, -0.1) is 0 Å². The van der Waals surface area contributed by atoms with E-state index in [1.54, 1.807) is 12.1 Å². The zero-order valence-corrected chi connectivity index (χ0v) is 11.8. The highest BCUT2D eigenvalue weighted by molar-refractivity contribution is 9.10. The molecule has 0 bridgehead atoms. The van der Waals surface area contributed by atoms with E-state index >= 15 is 0 Å². The second-order valence-electron chi connectivity index (χ2n) is 4.93. The van der Waals surface area contributed by atoms with Crippen molar-refractivity contribution in [1.29, 1.82) is 5.26 Å². The number of benzene rings is 1. The van der Waals surface area contributed by atoms with Crippen molar-refractivity contribution in [3.8, 4) is 6.07 Å². The molecule has 0 aliphatic heterocycles. The predicted octanol–water partition coefficient (Wildman–Crippen LogP) is 3.43. The molecule has 0 radical (unpaired) electrons. The van der Waals surface area contributed by atoms with Gasteiger partial charge in [-0.3, -0.25) is 0 Å². The molecule has 0 unspecified atom stereocenters. The molecule has 1 aliphatic carbocycles. The van der Waals surface area contributed by atoms with E-state index in [2.05, 4.69) is 27.3 Å². The Bertz CT molecular complexity index is 461. The molecule has 0 saturated heterocycles. The van der Waals surface area contributed by atoms with Gasteiger partial charge in [0.15, 0.2) is 0 Å². The molecule has 2 rings (SSSR count). The van der Waals surface area contributed by atoms with Gasteiger partial charge in [0, 0.05) is 10.2 Å². The van der Waals surface area contributed by atoms with Crippen molar-refractivity contribution in [2.45, 2.75) is 37.6 Å². The maximum atomic E-state index is 9.66. The molecule has 1 saturated carbocycles. The molecule has 1 fully saturated rings. The van der Waals surface area contributed by atoms with Crippen molar-refractivity contribution in [1.82, 2.24) is 0 Å². The van der Waals surface area contributed by atoms with Crippen LogP contribution in [0.1, 0.15) is 37.7 Å². The number of nitriles is 1. The summed E-state index contributed by atoms with van der Waals surface area (Å²) in [5, 5.41) is 22.0. The fourth-order valence-electron chi connectivity index (χ4n) is 2.52. The standard InChI is InChI=1S/C14H17BrN2O/c15-12-8-11(9-16)4-5-13(12)17-14(10-18)6-2-1-3-7-14/h4-5,8,17-18H,1-3,6-7,10H2. The van der Waals surface area contributed by atoms with E-state index < -0.39 is 0 Å². The number of aliphatic hydroxyl groups excluding tert-OH is 1. The number of nitrogens with zero attached hydrogens (tertiary/aromatic N) is 1. The zero-order chi connectivity index (χ0) is 13.0. The maximum absolute atomic E-state index is 9.66. The molecule has 1 aliphatic rings. The highest BCUT2D eigenvalue weighted by Gasteiger charge is 2.31. The van der Waals surface area contributed by atoms with Crippen molar-refractivity contribution >= 4 is 21.6 Å². The summed E-state index contributed by atoms with van der Waals surface area (Å²) in [5.74, 6) is 0. The van der Waals surface area contributed by atoms with Crippen LogP contribution < -0.4 is 5.32 Å². The summed E-state index contributed by atoms with van der Waals surface area (Å²) in [6, 6.07) is 7.61. The molecule has 0 atom stereocenters. The van der Waals surface area contributed by atoms with Crippen molar-refractivity contribution < 1.29 is 5.11 Å². The molecule has 0 amide bonds. The Balaban J connectivity index is 2.19. The molecule has 3 nitrogen and oxygen atoms in total. The van der Waals surface area contributed by atoms with E-state index in [-0.39, 0.29) is 12.1 Å². The highest BCUT2D eigenvalue weighted by atomic mass is 79.9. The smallest absolute Gasteiger partial charge is 0.0992 e. The van der Waals surface area contributed by atoms with Crippen molar-refractivity contribution in [2.24, 2.45) is 0 Å². The van der Waals surface area contributed by atoms with Crippen molar-refractivity contribution in [3.63, 3.8) is 0 Å². The number of hydrogen-bond donors (Lipinski definition) is 2. The van der Waals surface area contributed by atoms with Crippen LogP contribution in [0.4, 0.5) is 5.69 Å². The number of nitrogens with one attached hydrogen (secondary N) is 1. The molecule has 4 heteroatoms. The first-order valence-electron chi connectivity index (χ1n) is 6.28. The Morgan fingerprint density at radius 2 is 2.06 bits per heavy atom. The molecule has 0 spiro atoms. The van der Waals surface area contributed by atoms with E-state index in [1.165, 1.54) is 6.42 Å². The van der Waals surface area contributed by atoms with Gasteiger partial charge < -0.3 is 10.4 Å². The zero-order valence-electron chi connectivity index (χ0n) is 10.2. The van der Waals surface area contributed by atoms with Crippen molar-refractivity contribution in [2.75, 3.05) is 11.9 Å². The summed E-state index contributed by atoms with van der Waals surface area (Å²) in [4.78, 5) is 0. The third-order valence-corrected chi connectivity index (χ3v) is 4.27. The van der Waals surface area contributed by atoms with Gasteiger partial charge in [-0.25, -0.2) is 0 Å². The lowest BCUT2D eigenvalue weighted by Gasteiger charge is -2.37. The van der Waals surface area contributed by atoms with Crippen LogP contribution in [0.2, 0.25) is 0 Å². The lowest BCUT2D eigenvalue weighted by atomic mass is 9.82. The molecule has 2 N–H and O–H groups in total. The normalized spacial score (nSPS) is 18.1. The van der Waals surface area contributed by atoms with E-state index in [1.807, 2.05) is 6.07 Å². The Labute approximate surface area is 116 Å². The van der Waals surface area contributed by atoms with Gasteiger partial charge in [0.05, 0.1) is 23.8 Å². The van der Waals surface area contributed by atoms with Crippen LogP contribution in [0.25, 0.3) is 0 Å².